The van der Waals surface area contributed by atoms with Crippen LogP contribution in [0, 0.1) is 10.1 Å². The number of aromatic nitrogens is 4. The Morgan fingerprint density at radius 2 is 2.00 bits per heavy atom. The molecule has 0 spiro atoms. The van der Waals surface area contributed by atoms with Gasteiger partial charge in [0, 0.05) is 30.1 Å². The van der Waals surface area contributed by atoms with Crippen molar-refractivity contribution >= 4 is 17.4 Å². The fourth-order valence-corrected chi connectivity index (χ4v) is 3.71. The van der Waals surface area contributed by atoms with Crippen molar-refractivity contribution < 1.29 is 18.1 Å². The van der Waals surface area contributed by atoms with Crippen LogP contribution in [0.15, 0.2) is 52.8 Å². The van der Waals surface area contributed by atoms with Gasteiger partial charge in [0.1, 0.15) is 0 Å². The first-order chi connectivity index (χ1) is 13.3. The Bertz CT molecular complexity index is 1040. The third-order valence-electron chi connectivity index (χ3n) is 4.18. The minimum absolute atomic E-state index is 0.0741. The molecule has 0 radical (unpaired) electrons. The lowest BCUT2D eigenvalue weighted by Crippen LogP contribution is -2.06. The number of alkyl halides is 3. The van der Waals surface area contributed by atoms with E-state index in [2.05, 4.69) is 15.2 Å². The largest absolute Gasteiger partial charge is 0.416 e. The van der Waals surface area contributed by atoms with Crippen molar-refractivity contribution in [3.63, 3.8) is 0 Å². The van der Waals surface area contributed by atoms with Crippen LogP contribution in [0.1, 0.15) is 24.4 Å². The molecule has 0 unspecified atom stereocenters. The molecule has 3 aromatic rings. The van der Waals surface area contributed by atoms with E-state index in [1.807, 2.05) is 10.6 Å². The van der Waals surface area contributed by atoms with E-state index < -0.39 is 22.4 Å². The maximum atomic E-state index is 12.9. The van der Waals surface area contributed by atoms with E-state index in [9.17, 15) is 23.3 Å². The second kappa shape index (κ2) is 6.89. The highest BCUT2D eigenvalue weighted by Crippen LogP contribution is 2.44. The van der Waals surface area contributed by atoms with Gasteiger partial charge >= 0.3 is 6.18 Å². The SMILES string of the molecule is O=[N+]([O-])c1cc(C(F)(F)F)ccc1Sc1nnc(-c2cccnc2)n1C1CC1. The van der Waals surface area contributed by atoms with Crippen LogP contribution in [0.4, 0.5) is 18.9 Å². The molecule has 2 aromatic heterocycles. The van der Waals surface area contributed by atoms with Gasteiger partial charge in [0.25, 0.3) is 5.69 Å². The molecule has 0 aliphatic heterocycles. The van der Waals surface area contributed by atoms with Gasteiger partial charge in [-0.2, -0.15) is 13.2 Å². The maximum absolute atomic E-state index is 12.9. The van der Waals surface area contributed by atoms with Crippen LogP contribution in [0.5, 0.6) is 0 Å². The first kappa shape index (κ1) is 18.4. The van der Waals surface area contributed by atoms with E-state index in [4.69, 9.17) is 0 Å². The molecule has 1 aliphatic rings. The Morgan fingerprint density at radius 1 is 1.21 bits per heavy atom. The van der Waals surface area contributed by atoms with Crippen LogP contribution < -0.4 is 0 Å². The molecule has 1 saturated carbocycles. The van der Waals surface area contributed by atoms with Gasteiger partial charge in [-0.15, -0.1) is 10.2 Å². The number of halogens is 3. The van der Waals surface area contributed by atoms with Crippen LogP contribution in [0.2, 0.25) is 0 Å². The van der Waals surface area contributed by atoms with E-state index in [0.29, 0.717) is 17.0 Å². The van der Waals surface area contributed by atoms with Crippen molar-refractivity contribution in [3.05, 3.63) is 58.4 Å². The number of hydrogen-bond acceptors (Lipinski definition) is 6. The zero-order valence-electron chi connectivity index (χ0n) is 14.1. The van der Waals surface area contributed by atoms with E-state index >= 15 is 0 Å². The summed E-state index contributed by atoms with van der Waals surface area (Å²) < 4.78 is 40.6. The summed E-state index contributed by atoms with van der Waals surface area (Å²) in [6.07, 6.45) is 0.428. The average molecular weight is 407 g/mol. The summed E-state index contributed by atoms with van der Waals surface area (Å²) in [6.45, 7) is 0. The fraction of sp³-hybridized carbons (Fsp3) is 0.235. The zero-order chi connectivity index (χ0) is 19.9. The Kier molecular flexibility index (Phi) is 4.53. The van der Waals surface area contributed by atoms with E-state index in [0.717, 1.165) is 42.3 Å². The average Bonchev–Trinajstić information content (AvgIpc) is 3.42. The molecule has 11 heteroatoms. The van der Waals surface area contributed by atoms with E-state index in [1.165, 1.54) is 0 Å². The van der Waals surface area contributed by atoms with Crippen molar-refractivity contribution in [2.75, 3.05) is 0 Å². The molecule has 7 nitrogen and oxygen atoms in total. The van der Waals surface area contributed by atoms with Gasteiger partial charge in [0.2, 0.25) is 0 Å². The molecule has 28 heavy (non-hydrogen) atoms. The van der Waals surface area contributed by atoms with Crippen molar-refractivity contribution in [1.29, 1.82) is 0 Å². The second-order valence-electron chi connectivity index (χ2n) is 6.19. The Hall–Kier alpha value is -2.95. The van der Waals surface area contributed by atoms with Gasteiger partial charge in [-0.25, -0.2) is 0 Å². The van der Waals surface area contributed by atoms with Crippen molar-refractivity contribution in [2.45, 2.75) is 35.1 Å². The molecule has 1 aromatic carbocycles. The topological polar surface area (TPSA) is 86.7 Å². The first-order valence-corrected chi connectivity index (χ1v) is 9.05. The summed E-state index contributed by atoms with van der Waals surface area (Å²) in [5.74, 6) is 0.577. The van der Waals surface area contributed by atoms with Gasteiger partial charge in [0.15, 0.2) is 11.0 Å². The normalized spacial score (nSPS) is 14.2. The number of hydrogen-bond donors (Lipinski definition) is 0. The number of nitrogens with zero attached hydrogens (tertiary/aromatic N) is 5. The summed E-state index contributed by atoms with van der Waals surface area (Å²) in [5.41, 5.74) is -0.938. The molecular formula is C17H12F3N5O2S. The highest BCUT2D eigenvalue weighted by atomic mass is 32.2. The third-order valence-corrected chi connectivity index (χ3v) is 5.21. The molecule has 4 rings (SSSR count). The minimum Gasteiger partial charge on any atom is -0.299 e. The fourth-order valence-electron chi connectivity index (χ4n) is 2.72. The lowest BCUT2D eigenvalue weighted by atomic mass is 10.2. The molecule has 1 fully saturated rings. The van der Waals surface area contributed by atoms with Gasteiger partial charge in [-0.1, -0.05) is 0 Å². The number of pyridine rings is 1. The van der Waals surface area contributed by atoms with Gasteiger partial charge in [0.05, 0.1) is 15.4 Å². The van der Waals surface area contributed by atoms with Crippen LogP contribution in [0.25, 0.3) is 11.4 Å². The Morgan fingerprint density at radius 3 is 2.61 bits per heavy atom. The smallest absolute Gasteiger partial charge is 0.299 e. The monoisotopic (exact) mass is 407 g/mol. The van der Waals surface area contributed by atoms with Crippen LogP contribution in [0.3, 0.4) is 0 Å². The number of nitro benzene ring substituents is 1. The summed E-state index contributed by atoms with van der Waals surface area (Å²) in [5, 5.41) is 20.0. The molecule has 0 N–H and O–H groups in total. The highest BCUT2D eigenvalue weighted by Gasteiger charge is 2.34. The third kappa shape index (κ3) is 3.57. The molecule has 2 heterocycles. The molecule has 0 amide bonds. The van der Waals surface area contributed by atoms with Crippen LogP contribution in [-0.2, 0) is 6.18 Å². The van der Waals surface area contributed by atoms with Gasteiger partial charge in [-0.05, 0) is 48.9 Å². The predicted molar refractivity (Wildman–Crippen MR) is 93.7 cm³/mol. The lowest BCUT2D eigenvalue weighted by Gasteiger charge is -2.10. The summed E-state index contributed by atoms with van der Waals surface area (Å²) in [6, 6.07) is 6.21. The van der Waals surface area contributed by atoms with Crippen LogP contribution in [-0.4, -0.2) is 24.7 Å². The molecule has 0 bridgehead atoms. The number of rotatable bonds is 5. The lowest BCUT2D eigenvalue weighted by molar-refractivity contribution is -0.388. The Labute approximate surface area is 160 Å². The second-order valence-corrected chi connectivity index (χ2v) is 7.20. The van der Waals surface area contributed by atoms with Gasteiger partial charge < -0.3 is 0 Å². The predicted octanol–water partition coefficient (Wildman–Crippen LogP) is 4.75. The van der Waals surface area contributed by atoms with Crippen LogP contribution >= 0.6 is 11.8 Å². The van der Waals surface area contributed by atoms with E-state index in [-0.39, 0.29) is 10.9 Å². The first-order valence-electron chi connectivity index (χ1n) is 8.23. The van der Waals surface area contributed by atoms with Crippen molar-refractivity contribution in [3.8, 4) is 11.4 Å². The standard InChI is InChI=1S/C17H12F3N5O2S/c18-17(19,20)11-3-6-14(13(8-11)25(26)27)28-16-23-22-15(24(16)12-4-5-12)10-2-1-7-21-9-10/h1-3,6-9,12H,4-5H2. The molecule has 0 saturated heterocycles. The maximum Gasteiger partial charge on any atom is 0.416 e. The zero-order valence-corrected chi connectivity index (χ0v) is 14.9. The minimum atomic E-state index is -4.66. The molecule has 144 valence electrons. The highest BCUT2D eigenvalue weighted by molar-refractivity contribution is 7.99. The molecule has 0 atom stereocenters. The summed E-state index contributed by atoms with van der Waals surface area (Å²) in [4.78, 5) is 14.6. The summed E-state index contributed by atoms with van der Waals surface area (Å²) in [7, 11) is 0. The van der Waals surface area contributed by atoms with Crippen molar-refractivity contribution in [2.24, 2.45) is 0 Å². The van der Waals surface area contributed by atoms with E-state index in [1.54, 1.807) is 18.5 Å². The molecular weight excluding hydrogens is 395 g/mol. The molecule has 1 aliphatic carbocycles. The number of nitro groups is 1. The number of benzene rings is 1. The van der Waals surface area contributed by atoms with Gasteiger partial charge in [-0.3, -0.25) is 19.7 Å². The quantitative estimate of drug-likeness (QED) is 0.448. The summed E-state index contributed by atoms with van der Waals surface area (Å²) >= 11 is 0.932. The van der Waals surface area contributed by atoms with Crippen molar-refractivity contribution in [1.82, 2.24) is 19.7 Å². The Balaban J connectivity index is 1.74.